The number of hydrogen-bond acceptors (Lipinski definition) is 2. The van der Waals surface area contributed by atoms with Gasteiger partial charge >= 0.3 is 0 Å². The van der Waals surface area contributed by atoms with E-state index >= 15 is 0 Å². The number of benzene rings is 1. The maximum atomic E-state index is 13.9. The van der Waals surface area contributed by atoms with E-state index in [0.717, 1.165) is 11.3 Å². The van der Waals surface area contributed by atoms with Crippen LogP contribution in [0.15, 0.2) is 12.3 Å². The zero-order chi connectivity index (χ0) is 13.7. The lowest BCUT2D eigenvalue weighted by Gasteiger charge is -2.11. The molecule has 0 saturated heterocycles. The standard InChI is InChI=1S/C13H8Cl3FN2/c1-18-8-3-7(17)13(16)10-5(8)2-9-11(10)12(15)6(14)4-19-9/h3-4,18H,2H2,1H3. The average molecular weight is 318 g/mol. The minimum atomic E-state index is -0.492. The summed E-state index contributed by atoms with van der Waals surface area (Å²) in [6, 6.07) is 1.38. The number of fused-ring (bicyclic) bond motifs is 3. The van der Waals surface area contributed by atoms with Gasteiger partial charge in [-0.3, -0.25) is 4.98 Å². The molecule has 98 valence electrons. The van der Waals surface area contributed by atoms with Crippen LogP contribution in [0, 0.1) is 5.82 Å². The normalized spacial score (nSPS) is 12.3. The monoisotopic (exact) mass is 316 g/mol. The average Bonchev–Trinajstić information content (AvgIpc) is 2.78. The minimum Gasteiger partial charge on any atom is -0.388 e. The van der Waals surface area contributed by atoms with Crippen molar-refractivity contribution in [2.24, 2.45) is 0 Å². The Balaban J connectivity index is 2.40. The maximum Gasteiger partial charge on any atom is 0.144 e. The number of pyridine rings is 1. The van der Waals surface area contributed by atoms with Gasteiger partial charge in [0.05, 0.1) is 20.8 Å². The van der Waals surface area contributed by atoms with E-state index in [-0.39, 0.29) is 5.02 Å². The van der Waals surface area contributed by atoms with Gasteiger partial charge in [-0.05, 0) is 11.6 Å². The van der Waals surface area contributed by atoms with Crippen molar-refractivity contribution in [2.75, 3.05) is 12.4 Å². The van der Waals surface area contributed by atoms with Gasteiger partial charge in [0.1, 0.15) is 5.82 Å². The fourth-order valence-corrected chi connectivity index (χ4v) is 3.05. The topological polar surface area (TPSA) is 24.9 Å². The van der Waals surface area contributed by atoms with E-state index in [0.29, 0.717) is 33.3 Å². The molecular weight excluding hydrogens is 310 g/mol. The van der Waals surface area contributed by atoms with Crippen LogP contribution in [0.25, 0.3) is 11.1 Å². The number of aromatic nitrogens is 1. The molecule has 1 N–H and O–H groups in total. The van der Waals surface area contributed by atoms with Crippen molar-refractivity contribution in [3.8, 4) is 11.1 Å². The number of nitrogens with one attached hydrogen (secondary N) is 1. The smallest absolute Gasteiger partial charge is 0.144 e. The SMILES string of the molecule is CNc1cc(F)c(Cl)c2c1Cc1ncc(Cl)c(Cl)c1-2. The highest BCUT2D eigenvalue weighted by molar-refractivity contribution is 6.44. The van der Waals surface area contributed by atoms with Gasteiger partial charge in [0.2, 0.25) is 0 Å². The minimum absolute atomic E-state index is 0.0544. The summed E-state index contributed by atoms with van der Waals surface area (Å²) >= 11 is 18.3. The lowest BCUT2D eigenvalue weighted by atomic mass is 10.0. The molecule has 0 spiro atoms. The molecule has 0 aliphatic heterocycles. The van der Waals surface area contributed by atoms with E-state index in [1.54, 1.807) is 7.05 Å². The predicted molar refractivity (Wildman–Crippen MR) is 77.0 cm³/mol. The molecule has 2 nitrogen and oxygen atoms in total. The Bertz CT molecular complexity index is 701. The van der Waals surface area contributed by atoms with Crippen LogP contribution in [-0.4, -0.2) is 12.0 Å². The Labute approximate surface area is 124 Å². The molecule has 0 saturated carbocycles. The predicted octanol–water partition coefficient (Wildman–Crippen LogP) is 4.79. The van der Waals surface area contributed by atoms with E-state index in [1.807, 2.05) is 0 Å². The molecule has 3 rings (SSSR count). The molecule has 0 bridgehead atoms. The van der Waals surface area contributed by atoms with Crippen molar-refractivity contribution in [3.63, 3.8) is 0 Å². The first-order valence-corrected chi connectivity index (χ1v) is 6.69. The Hall–Kier alpha value is -1.03. The summed E-state index contributed by atoms with van der Waals surface area (Å²) in [5, 5.41) is 3.71. The molecule has 19 heavy (non-hydrogen) atoms. The van der Waals surface area contributed by atoms with Crippen LogP contribution >= 0.6 is 34.8 Å². The van der Waals surface area contributed by atoms with E-state index in [2.05, 4.69) is 10.3 Å². The highest BCUT2D eigenvalue weighted by Crippen LogP contribution is 2.49. The van der Waals surface area contributed by atoms with Crippen molar-refractivity contribution in [1.82, 2.24) is 4.98 Å². The first-order valence-electron chi connectivity index (χ1n) is 5.56. The van der Waals surface area contributed by atoms with Crippen molar-refractivity contribution < 1.29 is 4.39 Å². The Morgan fingerprint density at radius 3 is 2.63 bits per heavy atom. The van der Waals surface area contributed by atoms with Gasteiger partial charge in [0.25, 0.3) is 0 Å². The van der Waals surface area contributed by atoms with Crippen LogP contribution < -0.4 is 5.32 Å². The fraction of sp³-hybridized carbons (Fsp3) is 0.154. The van der Waals surface area contributed by atoms with Crippen LogP contribution in [0.2, 0.25) is 15.1 Å². The summed E-state index contributed by atoms with van der Waals surface area (Å²) in [5.74, 6) is -0.492. The van der Waals surface area contributed by atoms with E-state index in [4.69, 9.17) is 34.8 Å². The summed E-state index contributed by atoms with van der Waals surface area (Å²) in [6.45, 7) is 0. The molecule has 2 aromatic rings. The highest BCUT2D eigenvalue weighted by atomic mass is 35.5. The highest BCUT2D eigenvalue weighted by Gasteiger charge is 2.29. The van der Waals surface area contributed by atoms with Crippen LogP contribution in [0.4, 0.5) is 10.1 Å². The summed E-state index contributed by atoms with van der Waals surface area (Å²) < 4.78 is 13.9. The molecule has 0 radical (unpaired) electrons. The molecule has 1 aromatic carbocycles. The number of anilines is 1. The van der Waals surface area contributed by atoms with E-state index < -0.39 is 5.82 Å². The molecule has 0 atom stereocenters. The lowest BCUT2D eigenvalue weighted by Crippen LogP contribution is -1.97. The molecular formula is C13H8Cl3FN2. The fourth-order valence-electron chi connectivity index (χ4n) is 2.39. The largest absolute Gasteiger partial charge is 0.388 e. The van der Waals surface area contributed by atoms with Gasteiger partial charge in [0.15, 0.2) is 0 Å². The van der Waals surface area contributed by atoms with Gasteiger partial charge in [-0.1, -0.05) is 34.8 Å². The Morgan fingerprint density at radius 2 is 1.95 bits per heavy atom. The molecule has 0 amide bonds. The van der Waals surface area contributed by atoms with Crippen LogP contribution in [0.3, 0.4) is 0 Å². The zero-order valence-electron chi connectivity index (χ0n) is 9.82. The van der Waals surface area contributed by atoms with Crippen LogP contribution in [0.5, 0.6) is 0 Å². The third-order valence-electron chi connectivity index (χ3n) is 3.24. The van der Waals surface area contributed by atoms with Gasteiger partial charge in [0, 0.05) is 36.5 Å². The van der Waals surface area contributed by atoms with Gasteiger partial charge in [-0.25, -0.2) is 4.39 Å². The molecule has 1 aliphatic carbocycles. The third kappa shape index (κ3) is 1.80. The Kier molecular flexibility index (Phi) is 3.08. The summed E-state index contributed by atoms with van der Waals surface area (Å²) in [4.78, 5) is 4.26. The first kappa shape index (κ1) is 13.0. The molecule has 0 fully saturated rings. The second-order valence-electron chi connectivity index (χ2n) is 4.24. The van der Waals surface area contributed by atoms with Crippen molar-refractivity contribution >= 4 is 40.5 Å². The van der Waals surface area contributed by atoms with Crippen molar-refractivity contribution in [2.45, 2.75) is 6.42 Å². The molecule has 1 heterocycles. The first-order chi connectivity index (χ1) is 9.04. The second-order valence-corrected chi connectivity index (χ2v) is 5.41. The summed E-state index contributed by atoms with van der Waals surface area (Å²) in [6.07, 6.45) is 2.05. The van der Waals surface area contributed by atoms with E-state index in [1.165, 1.54) is 12.3 Å². The molecule has 1 aliphatic rings. The summed E-state index contributed by atoms with van der Waals surface area (Å²) in [7, 11) is 1.73. The quantitative estimate of drug-likeness (QED) is 0.698. The molecule has 0 unspecified atom stereocenters. The number of hydrogen-bond donors (Lipinski definition) is 1. The lowest BCUT2D eigenvalue weighted by molar-refractivity contribution is 0.629. The number of halogens is 4. The summed E-state index contributed by atoms with van der Waals surface area (Å²) in [5.41, 5.74) is 3.54. The second kappa shape index (κ2) is 4.51. The van der Waals surface area contributed by atoms with Crippen LogP contribution in [0.1, 0.15) is 11.3 Å². The van der Waals surface area contributed by atoms with Crippen molar-refractivity contribution in [3.05, 3.63) is 44.4 Å². The number of rotatable bonds is 1. The van der Waals surface area contributed by atoms with E-state index in [9.17, 15) is 4.39 Å². The van der Waals surface area contributed by atoms with Gasteiger partial charge < -0.3 is 5.32 Å². The molecule has 1 aromatic heterocycles. The third-order valence-corrected chi connectivity index (χ3v) is 4.39. The van der Waals surface area contributed by atoms with Gasteiger partial charge in [-0.2, -0.15) is 0 Å². The zero-order valence-corrected chi connectivity index (χ0v) is 12.1. The van der Waals surface area contributed by atoms with Crippen molar-refractivity contribution in [1.29, 1.82) is 0 Å². The number of nitrogens with zero attached hydrogens (tertiary/aromatic N) is 1. The van der Waals surface area contributed by atoms with Gasteiger partial charge in [-0.15, -0.1) is 0 Å². The molecule has 6 heteroatoms. The Morgan fingerprint density at radius 1 is 1.21 bits per heavy atom. The van der Waals surface area contributed by atoms with Crippen LogP contribution in [-0.2, 0) is 6.42 Å². The maximum absolute atomic E-state index is 13.9.